The molecule has 5 rings (SSSR count). The van der Waals surface area contributed by atoms with Crippen molar-refractivity contribution in [1.82, 2.24) is 9.62 Å². The molecule has 0 bridgehead atoms. The van der Waals surface area contributed by atoms with Gasteiger partial charge in [-0.25, -0.2) is 16.8 Å². The van der Waals surface area contributed by atoms with Gasteiger partial charge in [0, 0.05) is 31.9 Å². The molecule has 2 fully saturated rings. The number of aryl methyl sites for hydroxylation is 1. The molecule has 2 aromatic rings. The summed E-state index contributed by atoms with van der Waals surface area (Å²) in [5.74, 6) is 1.15. The van der Waals surface area contributed by atoms with Gasteiger partial charge in [0.2, 0.25) is 10.0 Å². The second-order valence-corrected chi connectivity index (χ2v) is 14.6. The van der Waals surface area contributed by atoms with Crippen molar-refractivity contribution in [3.05, 3.63) is 48.0 Å². The van der Waals surface area contributed by atoms with Crippen LogP contribution in [-0.2, 0) is 31.0 Å². The van der Waals surface area contributed by atoms with Crippen LogP contribution in [0.3, 0.4) is 0 Å². The van der Waals surface area contributed by atoms with Crippen molar-refractivity contribution in [3.8, 4) is 11.5 Å². The smallest absolute Gasteiger partial charge is 0.243 e. The molecule has 2 N–H and O–H groups in total. The van der Waals surface area contributed by atoms with Crippen LogP contribution in [0.4, 0.5) is 0 Å². The van der Waals surface area contributed by atoms with Crippen molar-refractivity contribution in [1.29, 1.82) is 0 Å². The highest BCUT2D eigenvalue weighted by Crippen LogP contribution is 2.38. The summed E-state index contributed by atoms with van der Waals surface area (Å²) in [5, 5.41) is 13.7. The molecule has 10 nitrogen and oxygen atoms in total. The molecule has 3 aliphatic rings. The normalized spacial score (nSPS) is 22.3. The molecule has 0 radical (unpaired) electrons. The number of hydrogen-bond donors (Lipinski definition) is 2. The fourth-order valence-corrected chi connectivity index (χ4v) is 7.60. The van der Waals surface area contributed by atoms with Gasteiger partial charge in [0.15, 0.2) is 9.84 Å². The van der Waals surface area contributed by atoms with Crippen LogP contribution in [0, 0.1) is 0 Å². The van der Waals surface area contributed by atoms with Gasteiger partial charge in [-0.1, -0.05) is 6.07 Å². The Morgan fingerprint density at radius 2 is 1.92 bits per heavy atom. The summed E-state index contributed by atoms with van der Waals surface area (Å²) in [6, 6.07) is 11.4. The second-order valence-electron chi connectivity index (χ2n) is 10.6. The van der Waals surface area contributed by atoms with Crippen molar-refractivity contribution >= 4 is 19.9 Å². The van der Waals surface area contributed by atoms with Crippen LogP contribution >= 0.6 is 0 Å². The van der Waals surface area contributed by atoms with Gasteiger partial charge in [0.05, 0.1) is 28.6 Å². The predicted octanol–water partition coefficient (Wildman–Crippen LogP) is 1.76. The molecule has 2 saturated heterocycles. The van der Waals surface area contributed by atoms with Crippen LogP contribution in [0.5, 0.6) is 11.5 Å². The molecule has 12 heteroatoms. The van der Waals surface area contributed by atoms with Crippen molar-refractivity contribution in [2.75, 3.05) is 45.7 Å². The number of sulfonamides is 1. The molecule has 3 heterocycles. The van der Waals surface area contributed by atoms with Crippen LogP contribution in [0.1, 0.15) is 31.2 Å². The van der Waals surface area contributed by atoms with Crippen LogP contribution in [0.15, 0.2) is 52.3 Å². The maximum Gasteiger partial charge on any atom is 0.243 e. The van der Waals surface area contributed by atoms with E-state index in [-0.39, 0.29) is 23.1 Å². The summed E-state index contributed by atoms with van der Waals surface area (Å²) in [5.41, 5.74) is 0.569. The number of sulfone groups is 1. The van der Waals surface area contributed by atoms with Crippen LogP contribution < -0.4 is 14.8 Å². The molecule has 1 spiro atoms. The second kappa shape index (κ2) is 11.3. The summed E-state index contributed by atoms with van der Waals surface area (Å²) >= 11 is 0. The number of piperidine rings is 1. The van der Waals surface area contributed by atoms with E-state index in [2.05, 4.69) is 5.32 Å². The Labute approximate surface area is 230 Å². The Kier molecular flexibility index (Phi) is 8.23. The average Bonchev–Trinajstić information content (AvgIpc) is 3.32. The van der Waals surface area contributed by atoms with Crippen molar-refractivity contribution in [2.24, 2.45) is 0 Å². The van der Waals surface area contributed by atoms with E-state index in [4.69, 9.17) is 14.2 Å². The summed E-state index contributed by atoms with van der Waals surface area (Å²) in [7, 11) is -6.93. The SMILES string of the molecule is CS(=O)(=O)c1cccc(OCC(O)CNC2COC3(CCN(S(=O)(=O)c4ccc5c(c4)CCCO5)CC3)C2)c1. The van der Waals surface area contributed by atoms with E-state index < -0.39 is 26.0 Å². The Bertz CT molecular complexity index is 1390. The molecule has 214 valence electrons. The zero-order valence-corrected chi connectivity index (χ0v) is 23.7. The lowest BCUT2D eigenvalue weighted by atomic mass is 9.88. The van der Waals surface area contributed by atoms with E-state index in [0.29, 0.717) is 56.3 Å². The Morgan fingerprint density at radius 3 is 2.69 bits per heavy atom. The third-order valence-corrected chi connectivity index (χ3v) is 10.7. The molecule has 0 saturated carbocycles. The highest BCUT2D eigenvalue weighted by Gasteiger charge is 2.44. The quantitative estimate of drug-likeness (QED) is 0.455. The number of nitrogens with one attached hydrogen (secondary N) is 1. The van der Waals surface area contributed by atoms with Gasteiger partial charge in [-0.2, -0.15) is 4.31 Å². The first-order valence-corrected chi connectivity index (χ1v) is 16.6. The first kappa shape index (κ1) is 28.3. The van der Waals surface area contributed by atoms with E-state index >= 15 is 0 Å². The summed E-state index contributed by atoms with van der Waals surface area (Å²) in [6.45, 7) is 2.25. The molecule has 2 atom stereocenters. The fourth-order valence-electron chi connectivity index (χ4n) is 5.45. The molecule has 0 amide bonds. The van der Waals surface area contributed by atoms with Gasteiger partial charge in [0.25, 0.3) is 0 Å². The Hall–Kier alpha value is -2.22. The average molecular weight is 581 g/mol. The zero-order chi connectivity index (χ0) is 27.7. The number of ether oxygens (including phenoxy) is 3. The van der Waals surface area contributed by atoms with Crippen LogP contribution in [0.25, 0.3) is 0 Å². The van der Waals surface area contributed by atoms with Gasteiger partial charge < -0.3 is 24.6 Å². The number of nitrogens with zero attached hydrogens (tertiary/aromatic N) is 1. The molecular weight excluding hydrogens is 544 g/mol. The van der Waals surface area contributed by atoms with E-state index in [1.807, 2.05) is 0 Å². The van der Waals surface area contributed by atoms with Gasteiger partial charge in [0.1, 0.15) is 24.2 Å². The lowest BCUT2D eigenvalue weighted by Crippen LogP contribution is -2.47. The maximum atomic E-state index is 13.3. The van der Waals surface area contributed by atoms with Gasteiger partial charge in [-0.3, -0.25) is 0 Å². The van der Waals surface area contributed by atoms with Gasteiger partial charge in [-0.15, -0.1) is 0 Å². The Morgan fingerprint density at radius 1 is 1.13 bits per heavy atom. The van der Waals surface area contributed by atoms with E-state index in [1.54, 1.807) is 34.6 Å². The third-order valence-electron chi connectivity index (χ3n) is 7.68. The van der Waals surface area contributed by atoms with Gasteiger partial charge >= 0.3 is 0 Å². The predicted molar refractivity (Wildman–Crippen MR) is 144 cm³/mol. The fraction of sp³-hybridized carbons (Fsp3) is 0.556. The third kappa shape index (κ3) is 6.58. The number of benzene rings is 2. The molecule has 2 unspecified atom stereocenters. The zero-order valence-electron chi connectivity index (χ0n) is 22.0. The number of rotatable bonds is 9. The first-order chi connectivity index (χ1) is 18.5. The van der Waals surface area contributed by atoms with E-state index in [9.17, 15) is 21.9 Å². The molecule has 39 heavy (non-hydrogen) atoms. The largest absolute Gasteiger partial charge is 0.493 e. The minimum absolute atomic E-state index is 0.0145. The Balaban J connectivity index is 1.08. The maximum absolute atomic E-state index is 13.3. The molecule has 2 aromatic carbocycles. The lowest BCUT2D eigenvalue weighted by Gasteiger charge is -2.38. The van der Waals surface area contributed by atoms with Gasteiger partial charge in [-0.05, 0) is 74.1 Å². The van der Waals surface area contributed by atoms with E-state index in [1.165, 1.54) is 12.1 Å². The first-order valence-electron chi connectivity index (χ1n) is 13.3. The summed E-state index contributed by atoms with van der Waals surface area (Å²) < 4.78 is 69.0. The standard InChI is InChI=1S/C27H36N2O8S2/c1-38(31,32)24-6-2-5-23(15-24)36-19-22(30)17-28-21-16-27(37-18-21)9-11-29(12-10-27)39(33,34)25-7-8-26-20(14-25)4-3-13-35-26/h2,5-8,14-15,21-22,28,30H,3-4,9-13,16-19H2,1H3. The molecule has 0 aliphatic carbocycles. The van der Waals surface area contributed by atoms with E-state index in [0.717, 1.165) is 36.8 Å². The van der Waals surface area contributed by atoms with Crippen molar-refractivity contribution in [2.45, 2.75) is 59.6 Å². The van der Waals surface area contributed by atoms with Crippen LogP contribution in [0.2, 0.25) is 0 Å². The van der Waals surface area contributed by atoms with Crippen molar-refractivity contribution in [3.63, 3.8) is 0 Å². The lowest BCUT2D eigenvalue weighted by molar-refractivity contribution is -0.0312. The molecule has 0 aromatic heterocycles. The number of aliphatic hydroxyl groups is 1. The summed E-state index contributed by atoms with van der Waals surface area (Å²) in [6.07, 6.45) is 4.01. The minimum atomic E-state index is -3.59. The minimum Gasteiger partial charge on any atom is -0.493 e. The highest BCUT2D eigenvalue weighted by molar-refractivity contribution is 7.90. The topological polar surface area (TPSA) is 131 Å². The monoisotopic (exact) mass is 580 g/mol. The number of aliphatic hydroxyl groups excluding tert-OH is 1. The molecule has 3 aliphatic heterocycles. The molecular formula is C27H36N2O8S2. The van der Waals surface area contributed by atoms with Crippen LogP contribution in [-0.4, -0.2) is 89.7 Å². The summed E-state index contributed by atoms with van der Waals surface area (Å²) in [4.78, 5) is 0.478. The number of hydrogen-bond acceptors (Lipinski definition) is 9. The highest BCUT2D eigenvalue weighted by atomic mass is 32.2. The van der Waals surface area contributed by atoms with Crippen molar-refractivity contribution < 1.29 is 36.2 Å². The number of fused-ring (bicyclic) bond motifs is 1.